The van der Waals surface area contributed by atoms with Crippen molar-refractivity contribution < 1.29 is 13.5 Å². The second-order valence-corrected chi connectivity index (χ2v) is 7.36. The van der Waals surface area contributed by atoms with Crippen LogP contribution in [0.25, 0.3) is 0 Å². The molecular weight excluding hydrogens is 292 g/mol. The third-order valence-corrected chi connectivity index (χ3v) is 4.72. The summed E-state index contributed by atoms with van der Waals surface area (Å²) >= 11 is 3.24. The van der Waals surface area contributed by atoms with Crippen LogP contribution in [0, 0.1) is 6.92 Å². The molecule has 0 spiro atoms. The Bertz CT molecular complexity index is 486. The van der Waals surface area contributed by atoms with E-state index in [1.807, 2.05) is 0 Å². The van der Waals surface area contributed by atoms with Gasteiger partial charge in [0.2, 0.25) is 0 Å². The molecule has 1 N–H and O–H groups in total. The highest BCUT2D eigenvalue weighted by atomic mass is 79.9. The number of aliphatic hydroxyl groups is 1. The largest absolute Gasteiger partial charge is 0.389 e. The predicted octanol–water partition coefficient (Wildman–Crippen LogP) is 2.30. The summed E-state index contributed by atoms with van der Waals surface area (Å²) in [5.74, 6) is -0.280. The highest BCUT2D eigenvalue weighted by molar-refractivity contribution is 9.10. The molecule has 0 saturated heterocycles. The molecule has 0 atom stereocenters. The van der Waals surface area contributed by atoms with Gasteiger partial charge in [0.15, 0.2) is 9.84 Å². The van der Waals surface area contributed by atoms with Crippen LogP contribution in [0.2, 0.25) is 0 Å². The molecule has 0 aliphatic carbocycles. The fraction of sp³-hybridized carbons (Fsp3) is 0.455. The van der Waals surface area contributed by atoms with Crippen molar-refractivity contribution in [2.75, 3.05) is 5.75 Å². The maximum absolute atomic E-state index is 12.0. The second kappa shape index (κ2) is 4.47. The van der Waals surface area contributed by atoms with Crippen molar-refractivity contribution in [3.05, 3.63) is 28.2 Å². The summed E-state index contributed by atoms with van der Waals surface area (Å²) in [6.07, 6.45) is 0. The van der Waals surface area contributed by atoms with Crippen LogP contribution in [0.4, 0.5) is 0 Å². The molecule has 0 aliphatic rings. The lowest BCUT2D eigenvalue weighted by Gasteiger charge is -2.18. The molecule has 0 unspecified atom stereocenters. The van der Waals surface area contributed by atoms with Crippen molar-refractivity contribution in [2.24, 2.45) is 0 Å². The number of hydrogen-bond donors (Lipinski definition) is 1. The van der Waals surface area contributed by atoms with E-state index in [1.54, 1.807) is 25.1 Å². The Kier molecular flexibility index (Phi) is 3.82. The van der Waals surface area contributed by atoms with Gasteiger partial charge in [-0.3, -0.25) is 0 Å². The average Bonchev–Trinajstić information content (AvgIpc) is 2.04. The molecule has 3 nitrogen and oxygen atoms in total. The van der Waals surface area contributed by atoms with Gasteiger partial charge in [0, 0.05) is 4.47 Å². The maximum Gasteiger partial charge on any atom is 0.181 e. The van der Waals surface area contributed by atoms with Crippen molar-refractivity contribution in [1.82, 2.24) is 0 Å². The first kappa shape index (κ1) is 13.7. The first-order valence-electron chi connectivity index (χ1n) is 4.83. The van der Waals surface area contributed by atoms with E-state index >= 15 is 0 Å². The summed E-state index contributed by atoms with van der Waals surface area (Å²) in [4.78, 5) is 0.268. The molecule has 0 heterocycles. The maximum atomic E-state index is 12.0. The fourth-order valence-corrected chi connectivity index (χ4v) is 3.92. The van der Waals surface area contributed by atoms with Gasteiger partial charge in [0.1, 0.15) is 0 Å². The lowest BCUT2D eigenvalue weighted by atomic mass is 10.2. The van der Waals surface area contributed by atoms with Crippen LogP contribution in [0.1, 0.15) is 19.4 Å². The summed E-state index contributed by atoms with van der Waals surface area (Å²) in [6, 6.07) is 5.09. The van der Waals surface area contributed by atoms with Crippen LogP contribution < -0.4 is 0 Å². The average molecular weight is 307 g/mol. The van der Waals surface area contributed by atoms with E-state index < -0.39 is 15.4 Å². The molecule has 1 aromatic rings. The Labute approximate surface area is 105 Å². The van der Waals surface area contributed by atoms with Gasteiger partial charge >= 0.3 is 0 Å². The van der Waals surface area contributed by atoms with Crippen molar-refractivity contribution in [1.29, 1.82) is 0 Å². The van der Waals surface area contributed by atoms with Gasteiger partial charge in [-0.25, -0.2) is 8.42 Å². The molecule has 0 fully saturated rings. The van der Waals surface area contributed by atoms with Crippen LogP contribution >= 0.6 is 15.9 Å². The van der Waals surface area contributed by atoms with Crippen molar-refractivity contribution in [2.45, 2.75) is 31.3 Å². The van der Waals surface area contributed by atoms with E-state index in [0.717, 1.165) is 0 Å². The van der Waals surface area contributed by atoms with E-state index in [4.69, 9.17) is 0 Å². The minimum absolute atomic E-state index is 0.268. The predicted molar refractivity (Wildman–Crippen MR) is 67.2 cm³/mol. The topological polar surface area (TPSA) is 54.4 Å². The molecule has 90 valence electrons. The van der Waals surface area contributed by atoms with E-state index in [9.17, 15) is 13.5 Å². The van der Waals surface area contributed by atoms with E-state index in [0.29, 0.717) is 10.0 Å². The standard InChI is InChI=1S/C11H15BrO3S/c1-8-4-5-9(12)6-10(8)16(14,15)7-11(2,3)13/h4-6,13H,7H2,1-3H3. The summed E-state index contributed by atoms with van der Waals surface area (Å²) in [5.41, 5.74) is -0.541. The van der Waals surface area contributed by atoms with Crippen LogP contribution in [0.3, 0.4) is 0 Å². The first-order valence-corrected chi connectivity index (χ1v) is 7.28. The Hall–Kier alpha value is -0.390. The van der Waals surface area contributed by atoms with Crippen LogP contribution in [-0.4, -0.2) is 24.9 Å². The summed E-state index contributed by atoms with van der Waals surface area (Å²) in [5, 5.41) is 9.58. The molecule has 0 radical (unpaired) electrons. The molecule has 0 saturated carbocycles. The number of hydrogen-bond acceptors (Lipinski definition) is 3. The number of halogens is 1. The Morgan fingerprint density at radius 3 is 2.44 bits per heavy atom. The smallest absolute Gasteiger partial charge is 0.181 e. The van der Waals surface area contributed by atoms with Gasteiger partial charge in [-0.2, -0.15) is 0 Å². The van der Waals surface area contributed by atoms with Gasteiger partial charge in [0.05, 0.1) is 16.2 Å². The monoisotopic (exact) mass is 306 g/mol. The van der Waals surface area contributed by atoms with Crippen molar-refractivity contribution >= 4 is 25.8 Å². The number of benzene rings is 1. The molecule has 1 rings (SSSR count). The number of sulfone groups is 1. The zero-order valence-corrected chi connectivity index (χ0v) is 11.9. The molecule has 0 aliphatic heterocycles. The van der Waals surface area contributed by atoms with Gasteiger partial charge in [-0.05, 0) is 38.5 Å². The highest BCUT2D eigenvalue weighted by Crippen LogP contribution is 2.23. The van der Waals surface area contributed by atoms with Gasteiger partial charge in [0.25, 0.3) is 0 Å². The summed E-state index contributed by atoms with van der Waals surface area (Å²) in [6.45, 7) is 4.71. The minimum Gasteiger partial charge on any atom is -0.389 e. The summed E-state index contributed by atoms with van der Waals surface area (Å²) in [7, 11) is -3.45. The number of aryl methyl sites for hydroxylation is 1. The molecule has 1 aromatic carbocycles. The van der Waals surface area contributed by atoms with Crippen LogP contribution in [0.5, 0.6) is 0 Å². The zero-order valence-electron chi connectivity index (χ0n) is 9.49. The first-order chi connectivity index (χ1) is 7.12. The summed E-state index contributed by atoms with van der Waals surface area (Å²) < 4.78 is 24.8. The van der Waals surface area contributed by atoms with Crippen LogP contribution in [0.15, 0.2) is 27.6 Å². The third-order valence-electron chi connectivity index (χ3n) is 2.03. The molecular formula is C11H15BrO3S. The molecule has 5 heteroatoms. The third kappa shape index (κ3) is 3.57. The quantitative estimate of drug-likeness (QED) is 0.932. The molecule has 0 aromatic heterocycles. The zero-order chi connectivity index (χ0) is 12.6. The van der Waals surface area contributed by atoms with E-state index in [2.05, 4.69) is 15.9 Å². The number of rotatable bonds is 3. The minimum atomic E-state index is -3.45. The van der Waals surface area contributed by atoms with Gasteiger partial charge < -0.3 is 5.11 Å². The molecule has 16 heavy (non-hydrogen) atoms. The van der Waals surface area contributed by atoms with Gasteiger partial charge in [-0.15, -0.1) is 0 Å². The van der Waals surface area contributed by atoms with Gasteiger partial charge in [-0.1, -0.05) is 22.0 Å². The van der Waals surface area contributed by atoms with Crippen molar-refractivity contribution in [3.63, 3.8) is 0 Å². The Balaban J connectivity index is 3.22. The lowest BCUT2D eigenvalue weighted by molar-refractivity contribution is 0.105. The van der Waals surface area contributed by atoms with Crippen molar-refractivity contribution in [3.8, 4) is 0 Å². The normalized spacial score (nSPS) is 12.8. The van der Waals surface area contributed by atoms with E-state index in [1.165, 1.54) is 13.8 Å². The molecule has 0 amide bonds. The van der Waals surface area contributed by atoms with E-state index in [-0.39, 0.29) is 10.6 Å². The fourth-order valence-electron chi connectivity index (χ4n) is 1.45. The van der Waals surface area contributed by atoms with Crippen LogP contribution in [-0.2, 0) is 9.84 Å². The Morgan fingerprint density at radius 1 is 1.38 bits per heavy atom. The molecule has 0 bridgehead atoms. The second-order valence-electron chi connectivity index (χ2n) is 4.48. The lowest BCUT2D eigenvalue weighted by Crippen LogP contribution is -2.30. The SMILES string of the molecule is Cc1ccc(Br)cc1S(=O)(=O)CC(C)(C)O. The Morgan fingerprint density at radius 2 is 1.94 bits per heavy atom. The highest BCUT2D eigenvalue weighted by Gasteiger charge is 2.26.